The molecule has 1 atom stereocenters. The number of aryl methyl sites for hydroxylation is 2. The Morgan fingerprint density at radius 2 is 1.76 bits per heavy atom. The minimum Gasteiger partial charge on any atom is -0.466 e. The Bertz CT molecular complexity index is 1310. The van der Waals surface area contributed by atoms with E-state index in [9.17, 15) is 19.6 Å². The van der Waals surface area contributed by atoms with Gasteiger partial charge in [-0.05, 0) is 55.2 Å². The third-order valence-corrected chi connectivity index (χ3v) is 6.22. The normalized spacial score (nSPS) is 12.1. The molecule has 3 aromatic rings. The highest BCUT2D eigenvalue weighted by Gasteiger charge is 2.21. The van der Waals surface area contributed by atoms with Gasteiger partial charge in [0.05, 0.1) is 12.3 Å². The molecule has 37 heavy (non-hydrogen) atoms. The molecule has 0 bridgehead atoms. The van der Waals surface area contributed by atoms with E-state index in [0.717, 1.165) is 16.7 Å². The van der Waals surface area contributed by atoms with Crippen molar-refractivity contribution in [2.45, 2.75) is 39.0 Å². The molecular formula is C29H33N3O5. The van der Waals surface area contributed by atoms with Gasteiger partial charge in [0.1, 0.15) is 0 Å². The van der Waals surface area contributed by atoms with Crippen molar-refractivity contribution in [1.82, 2.24) is 9.88 Å². The molecule has 1 amide bonds. The van der Waals surface area contributed by atoms with Gasteiger partial charge >= 0.3 is 5.97 Å². The molecule has 0 saturated carbocycles. The summed E-state index contributed by atoms with van der Waals surface area (Å²) in [5, 5.41) is 16.3. The van der Waals surface area contributed by atoms with Gasteiger partial charge in [0.25, 0.3) is 5.91 Å². The van der Waals surface area contributed by atoms with Crippen LogP contribution in [0, 0.1) is 6.92 Å². The Morgan fingerprint density at radius 1 is 1.05 bits per heavy atom. The van der Waals surface area contributed by atoms with Gasteiger partial charge in [0.2, 0.25) is 5.56 Å². The lowest BCUT2D eigenvalue weighted by Crippen LogP contribution is -2.25. The lowest BCUT2D eigenvalue weighted by atomic mass is 9.83. The van der Waals surface area contributed by atoms with Gasteiger partial charge in [-0.3, -0.25) is 14.4 Å². The molecule has 8 nitrogen and oxygen atoms in total. The zero-order chi connectivity index (χ0) is 26.8. The molecule has 0 aliphatic rings. The monoisotopic (exact) mass is 503 g/mol. The molecule has 0 aliphatic carbocycles. The number of carbonyl (C=O) groups is 2. The van der Waals surface area contributed by atoms with Crippen molar-refractivity contribution < 1.29 is 19.5 Å². The third kappa shape index (κ3) is 7.39. The Kier molecular flexibility index (Phi) is 9.77. The van der Waals surface area contributed by atoms with E-state index in [1.807, 2.05) is 43.3 Å². The molecule has 8 heteroatoms. The number of carbonyl (C=O) groups excluding carboxylic acids is 2. The minimum absolute atomic E-state index is 0.147. The van der Waals surface area contributed by atoms with Gasteiger partial charge in [-0.15, -0.1) is 0 Å². The molecule has 0 spiro atoms. The zero-order valence-corrected chi connectivity index (χ0v) is 21.4. The molecule has 2 N–H and O–H groups in total. The lowest BCUT2D eigenvalue weighted by molar-refractivity contribution is -0.143. The van der Waals surface area contributed by atoms with E-state index in [-0.39, 0.29) is 29.8 Å². The summed E-state index contributed by atoms with van der Waals surface area (Å²) in [6, 6.07) is 18.5. The number of benzene rings is 2. The average Bonchev–Trinajstić information content (AvgIpc) is 2.90. The second kappa shape index (κ2) is 13.2. The molecule has 0 saturated heterocycles. The molecule has 1 unspecified atom stereocenters. The maximum atomic E-state index is 12.6. The fraction of sp³-hybridized carbons (Fsp3) is 0.310. The molecule has 0 fully saturated rings. The van der Waals surface area contributed by atoms with E-state index in [0.29, 0.717) is 42.8 Å². The molecular weight excluding hydrogens is 470 g/mol. The van der Waals surface area contributed by atoms with Gasteiger partial charge < -0.3 is 19.8 Å². The van der Waals surface area contributed by atoms with Crippen LogP contribution in [-0.2, 0) is 16.6 Å². The summed E-state index contributed by atoms with van der Waals surface area (Å²) in [5.74, 6) is -0.636. The van der Waals surface area contributed by atoms with Crippen LogP contribution in [0.1, 0.15) is 64.7 Å². The maximum Gasteiger partial charge on any atom is 0.305 e. The number of aromatic nitrogens is 1. The Balaban J connectivity index is 1.80. The number of esters is 1. The summed E-state index contributed by atoms with van der Waals surface area (Å²) in [4.78, 5) is 35.9. The van der Waals surface area contributed by atoms with Crippen LogP contribution < -0.4 is 10.9 Å². The first kappa shape index (κ1) is 27.4. The number of ether oxygens (including phenoxy) is 1. The highest BCUT2D eigenvalue weighted by molar-refractivity contribution is 6.00. The molecule has 1 heterocycles. The van der Waals surface area contributed by atoms with E-state index < -0.39 is 0 Å². The number of amides is 1. The van der Waals surface area contributed by atoms with E-state index in [1.54, 1.807) is 38.4 Å². The van der Waals surface area contributed by atoms with Crippen molar-refractivity contribution in [3.05, 3.63) is 105 Å². The highest BCUT2D eigenvalue weighted by atomic mass is 16.5. The number of hydrogen-bond acceptors (Lipinski definition) is 6. The third-order valence-electron chi connectivity index (χ3n) is 6.22. The van der Waals surface area contributed by atoms with Crippen molar-refractivity contribution in [3.8, 4) is 0 Å². The summed E-state index contributed by atoms with van der Waals surface area (Å²) in [6.45, 7) is 4.51. The fourth-order valence-corrected chi connectivity index (χ4v) is 4.20. The van der Waals surface area contributed by atoms with Crippen LogP contribution in [-0.4, -0.2) is 40.5 Å². The molecule has 1 aromatic heterocycles. The number of pyridine rings is 1. The van der Waals surface area contributed by atoms with E-state index in [4.69, 9.17) is 4.74 Å². The second-order valence-electron chi connectivity index (χ2n) is 8.81. The van der Waals surface area contributed by atoms with Crippen LogP contribution >= 0.6 is 0 Å². The number of rotatable bonds is 11. The Morgan fingerprint density at radius 3 is 2.41 bits per heavy atom. The van der Waals surface area contributed by atoms with E-state index >= 15 is 0 Å². The van der Waals surface area contributed by atoms with Crippen molar-refractivity contribution in [2.24, 2.45) is 12.2 Å². The standard InChI is InChI=1S/C29H33N3O5/c1-4-37-28(34)10-7-17-30-29(35)22-13-11-21(12-14-22)25(24-9-6-5-8-20(24)2)18-26(31-36)23-15-16-27(33)32(3)19-23/h5-6,8-9,11-16,19,25,36H,4,7,10,17-18H2,1-3H3,(H,30,35). The fourth-order valence-electron chi connectivity index (χ4n) is 4.20. The van der Waals surface area contributed by atoms with Gasteiger partial charge in [0, 0.05) is 55.7 Å². The quantitative estimate of drug-likeness (QED) is 0.134. The van der Waals surface area contributed by atoms with Gasteiger partial charge in [0.15, 0.2) is 0 Å². The summed E-state index contributed by atoms with van der Waals surface area (Å²) < 4.78 is 6.35. The summed E-state index contributed by atoms with van der Waals surface area (Å²) in [6.07, 6.45) is 2.81. The number of nitrogens with zero attached hydrogens (tertiary/aromatic N) is 2. The summed E-state index contributed by atoms with van der Waals surface area (Å²) >= 11 is 0. The molecule has 0 radical (unpaired) electrons. The van der Waals surface area contributed by atoms with Crippen LogP contribution in [0.25, 0.3) is 0 Å². The van der Waals surface area contributed by atoms with Crippen LogP contribution in [0.15, 0.2) is 76.8 Å². The maximum absolute atomic E-state index is 12.6. The minimum atomic E-state index is -0.271. The Hall–Kier alpha value is -4.20. The molecule has 3 rings (SSSR count). The predicted molar refractivity (Wildman–Crippen MR) is 142 cm³/mol. The van der Waals surface area contributed by atoms with Gasteiger partial charge in [-0.2, -0.15) is 0 Å². The Labute approximate surface area is 216 Å². The van der Waals surface area contributed by atoms with Gasteiger partial charge in [-0.1, -0.05) is 41.6 Å². The van der Waals surface area contributed by atoms with Crippen LogP contribution in [0.2, 0.25) is 0 Å². The van der Waals surface area contributed by atoms with Crippen molar-refractivity contribution >= 4 is 17.6 Å². The van der Waals surface area contributed by atoms with Crippen LogP contribution in [0.5, 0.6) is 0 Å². The first-order valence-electron chi connectivity index (χ1n) is 12.3. The zero-order valence-electron chi connectivity index (χ0n) is 21.4. The van der Waals surface area contributed by atoms with Crippen LogP contribution in [0.4, 0.5) is 0 Å². The second-order valence-corrected chi connectivity index (χ2v) is 8.81. The SMILES string of the molecule is CCOC(=O)CCCNC(=O)c1ccc(C(CC(=NO)c2ccc(=O)n(C)c2)c2ccccc2C)cc1. The largest absolute Gasteiger partial charge is 0.466 e. The highest BCUT2D eigenvalue weighted by Crippen LogP contribution is 2.32. The van der Waals surface area contributed by atoms with Crippen molar-refractivity contribution in [3.63, 3.8) is 0 Å². The smallest absolute Gasteiger partial charge is 0.305 e. The van der Waals surface area contributed by atoms with E-state index in [1.165, 1.54) is 10.6 Å². The van der Waals surface area contributed by atoms with Crippen molar-refractivity contribution in [2.75, 3.05) is 13.2 Å². The first-order valence-corrected chi connectivity index (χ1v) is 12.3. The number of hydrogen-bond donors (Lipinski definition) is 2. The topological polar surface area (TPSA) is 110 Å². The summed E-state index contributed by atoms with van der Waals surface area (Å²) in [5.41, 5.74) is 4.59. The molecule has 2 aromatic carbocycles. The van der Waals surface area contributed by atoms with Crippen molar-refractivity contribution in [1.29, 1.82) is 0 Å². The summed E-state index contributed by atoms with van der Waals surface area (Å²) in [7, 11) is 1.65. The lowest BCUT2D eigenvalue weighted by Gasteiger charge is -2.21. The van der Waals surface area contributed by atoms with Gasteiger partial charge in [-0.25, -0.2) is 0 Å². The molecule has 194 valence electrons. The predicted octanol–water partition coefficient (Wildman–Crippen LogP) is 4.17. The molecule has 0 aliphatic heterocycles. The first-order chi connectivity index (χ1) is 17.8. The average molecular weight is 504 g/mol. The van der Waals surface area contributed by atoms with Crippen LogP contribution in [0.3, 0.4) is 0 Å². The number of oxime groups is 1. The number of nitrogens with one attached hydrogen (secondary N) is 1. The van der Waals surface area contributed by atoms with E-state index in [2.05, 4.69) is 10.5 Å².